The van der Waals surface area contributed by atoms with Gasteiger partial charge < -0.3 is 9.67 Å². The molecule has 3 aromatic carbocycles. The van der Waals surface area contributed by atoms with Gasteiger partial charge in [0.15, 0.2) is 5.82 Å². The number of aryl methyl sites for hydroxylation is 1. The van der Waals surface area contributed by atoms with Crippen molar-refractivity contribution in [3.05, 3.63) is 144 Å². The second kappa shape index (κ2) is 11.6. The summed E-state index contributed by atoms with van der Waals surface area (Å²) in [5.41, 5.74) is 3.57. The largest absolute Gasteiger partial charge is 0.385 e. The fourth-order valence-electron chi connectivity index (χ4n) is 5.17. The second-order valence-corrected chi connectivity index (χ2v) is 11.9. The first-order valence-electron chi connectivity index (χ1n) is 13.2. The zero-order chi connectivity index (χ0) is 28.2. The molecular formula is C31H33N5O3S. The molecule has 1 unspecified atom stereocenters. The average molecular weight is 556 g/mol. The fourth-order valence-corrected chi connectivity index (χ4v) is 6.14. The van der Waals surface area contributed by atoms with Crippen LogP contribution in [0.5, 0.6) is 0 Å². The van der Waals surface area contributed by atoms with Gasteiger partial charge in [-0.25, -0.2) is 13.9 Å². The molecule has 0 spiro atoms. The Kier molecular flexibility index (Phi) is 7.97. The molecule has 8 nitrogen and oxygen atoms in total. The van der Waals surface area contributed by atoms with Gasteiger partial charge in [-0.05, 0) is 36.0 Å². The molecule has 1 atom stereocenters. The minimum atomic E-state index is -3.77. The van der Waals surface area contributed by atoms with E-state index in [1.807, 2.05) is 24.5 Å². The lowest BCUT2D eigenvalue weighted by Crippen LogP contribution is -2.36. The second-order valence-electron chi connectivity index (χ2n) is 9.86. The third-order valence-electron chi connectivity index (χ3n) is 7.15. The Labute approximate surface area is 235 Å². The molecule has 206 valence electrons. The number of aliphatic hydroxyl groups is 1. The zero-order valence-electron chi connectivity index (χ0n) is 22.6. The van der Waals surface area contributed by atoms with Gasteiger partial charge >= 0.3 is 10.2 Å². The quantitative estimate of drug-likeness (QED) is 0.240. The Hall–Kier alpha value is -4.05. The molecule has 0 saturated carbocycles. The van der Waals surface area contributed by atoms with Gasteiger partial charge in [-0.2, -0.15) is 12.7 Å². The van der Waals surface area contributed by atoms with Crippen molar-refractivity contribution in [2.75, 3.05) is 14.1 Å². The van der Waals surface area contributed by atoms with Gasteiger partial charge in [0.25, 0.3) is 0 Å². The van der Waals surface area contributed by atoms with E-state index in [0.29, 0.717) is 19.3 Å². The van der Waals surface area contributed by atoms with Crippen molar-refractivity contribution in [3.63, 3.8) is 0 Å². The van der Waals surface area contributed by atoms with Crippen LogP contribution in [0.25, 0.3) is 0 Å². The van der Waals surface area contributed by atoms with Crippen LogP contribution in [0.15, 0.2) is 116 Å². The first kappa shape index (κ1) is 27.5. The lowest BCUT2D eigenvalue weighted by atomic mass is 9.77. The maximum absolute atomic E-state index is 12.6. The lowest BCUT2D eigenvalue weighted by Gasteiger charge is -2.37. The number of aromatic nitrogens is 4. The van der Waals surface area contributed by atoms with Crippen LogP contribution in [0.4, 0.5) is 0 Å². The molecule has 0 radical (unpaired) electrons. The van der Waals surface area contributed by atoms with Crippen molar-refractivity contribution in [2.24, 2.45) is 0 Å². The van der Waals surface area contributed by atoms with Crippen molar-refractivity contribution in [1.82, 2.24) is 22.8 Å². The van der Waals surface area contributed by atoms with E-state index >= 15 is 0 Å². The van der Waals surface area contributed by atoms with Gasteiger partial charge in [-0.1, -0.05) is 91.0 Å². The molecule has 0 aliphatic heterocycles. The third-order valence-corrected chi connectivity index (χ3v) is 8.88. The van der Waals surface area contributed by atoms with E-state index in [1.165, 1.54) is 26.5 Å². The monoisotopic (exact) mass is 555 g/mol. The standard InChI is InChI=1S/C31H33N5O3S/c1-34(2)40(38,39)36-22-21-32-30(36)29(37)20-12-19-28-23-35(24-33-28)31(25-13-6-3-7-14-25,26-15-8-4-9-16-26)27-17-10-5-11-18-27/h3-11,13-18,21-24,29,37H,12,19-20H2,1-2H3. The molecule has 9 heteroatoms. The first-order chi connectivity index (χ1) is 19.3. The van der Waals surface area contributed by atoms with Gasteiger partial charge in [0.2, 0.25) is 0 Å². The zero-order valence-corrected chi connectivity index (χ0v) is 23.4. The summed E-state index contributed by atoms with van der Waals surface area (Å²) in [5.74, 6) is 0.107. The first-order valence-corrected chi connectivity index (χ1v) is 14.6. The molecule has 0 fully saturated rings. The van der Waals surface area contributed by atoms with Crippen LogP contribution in [0.3, 0.4) is 0 Å². The highest BCUT2D eigenvalue weighted by Crippen LogP contribution is 2.40. The summed E-state index contributed by atoms with van der Waals surface area (Å²) in [6, 6.07) is 31.2. The van der Waals surface area contributed by atoms with Crippen LogP contribution in [0.2, 0.25) is 0 Å². The Bertz CT molecular complexity index is 1540. The van der Waals surface area contributed by atoms with E-state index in [2.05, 4.69) is 88.5 Å². The maximum atomic E-state index is 12.6. The van der Waals surface area contributed by atoms with Crippen molar-refractivity contribution < 1.29 is 13.5 Å². The van der Waals surface area contributed by atoms with Crippen molar-refractivity contribution in [2.45, 2.75) is 30.9 Å². The molecule has 0 bridgehead atoms. The predicted octanol–water partition coefficient (Wildman–Crippen LogP) is 4.63. The van der Waals surface area contributed by atoms with Gasteiger partial charge in [0.1, 0.15) is 11.6 Å². The van der Waals surface area contributed by atoms with Crippen LogP contribution in [0, 0.1) is 0 Å². The SMILES string of the molecule is CN(C)S(=O)(=O)n1ccnc1C(O)CCCc1cn(C(c2ccccc2)(c2ccccc2)c2ccccc2)cn1. The molecule has 0 amide bonds. The van der Waals surface area contributed by atoms with Crippen LogP contribution >= 0.6 is 0 Å². The smallest absolute Gasteiger partial charge is 0.308 e. The minimum absolute atomic E-state index is 0.107. The molecular weight excluding hydrogens is 522 g/mol. The Morgan fingerprint density at radius 3 is 1.88 bits per heavy atom. The number of hydrogen-bond donors (Lipinski definition) is 1. The summed E-state index contributed by atoms with van der Waals surface area (Å²) in [5, 5.41) is 10.8. The van der Waals surface area contributed by atoms with E-state index in [4.69, 9.17) is 4.98 Å². The number of aliphatic hydroxyl groups excluding tert-OH is 1. The van der Waals surface area contributed by atoms with Crippen LogP contribution in [0.1, 0.15) is 47.2 Å². The van der Waals surface area contributed by atoms with E-state index in [0.717, 1.165) is 30.7 Å². The summed E-state index contributed by atoms with van der Waals surface area (Å²) in [6.07, 6.45) is 7.20. The highest BCUT2D eigenvalue weighted by atomic mass is 32.2. The summed E-state index contributed by atoms with van der Waals surface area (Å²) in [7, 11) is -0.874. The molecule has 1 N–H and O–H groups in total. The third kappa shape index (κ3) is 5.11. The molecule has 5 rings (SSSR count). The molecule has 2 heterocycles. The predicted molar refractivity (Wildman–Crippen MR) is 155 cm³/mol. The number of benzene rings is 3. The molecule has 40 heavy (non-hydrogen) atoms. The molecule has 5 aromatic rings. The summed E-state index contributed by atoms with van der Waals surface area (Å²) in [6.45, 7) is 0. The van der Waals surface area contributed by atoms with Crippen molar-refractivity contribution in [1.29, 1.82) is 0 Å². The van der Waals surface area contributed by atoms with E-state index in [1.54, 1.807) is 0 Å². The normalized spacial score (nSPS) is 13.0. The number of imidazole rings is 2. The van der Waals surface area contributed by atoms with Crippen LogP contribution in [-0.2, 0) is 22.2 Å². The highest BCUT2D eigenvalue weighted by Gasteiger charge is 2.38. The highest BCUT2D eigenvalue weighted by molar-refractivity contribution is 7.87. The maximum Gasteiger partial charge on any atom is 0.308 e. The van der Waals surface area contributed by atoms with Crippen LogP contribution in [-0.4, -0.2) is 50.4 Å². The summed E-state index contributed by atoms with van der Waals surface area (Å²) >= 11 is 0. The van der Waals surface area contributed by atoms with Crippen molar-refractivity contribution in [3.8, 4) is 0 Å². The molecule has 0 saturated heterocycles. The van der Waals surface area contributed by atoms with Gasteiger partial charge in [-0.3, -0.25) is 0 Å². The Balaban J connectivity index is 1.44. The minimum Gasteiger partial charge on any atom is -0.385 e. The topological polar surface area (TPSA) is 93.3 Å². The average Bonchev–Trinajstić information content (AvgIpc) is 3.66. The van der Waals surface area contributed by atoms with Crippen molar-refractivity contribution >= 4 is 10.2 Å². The van der Waals surface area contributed by atoms with E-state index in [-0.39, 0.29) is 5.82 Å². The van der Waals surface area contributed by atoms with Gasteiger partial charge in [0, 0.05) is 32.7 Å². The fraction of sp³-hybridized carbons (Fsp3) is 0.226. The molecule has 0 aliphatic carbocycles. The Morgan fingerprint density at radius 2 is 1.38 bits per heavy atom. The van der Waals surface area contributed by atoms with Crippen LogP contribution < -0.4 is 0 Å². The van der Waals surface area contributed by atoms with Gasteiger partial charge in [-0.15, -0.1) is 0 Å². The Morgan fingerprint density at radius 1 is 0.850 bits per heavy atom. The molecule has 2 aromatic heterocycles. The molecule has 0 aliphatic rings. The summed E-state index contributed by atoms with van der Waals surface area (Å²) in [4.78, 5) is 8.87. The van der Waals surface area contributed by atoms with E-state index < -0.39 is 21.9 Å². The number of hydrogen-bond acceptors (Lipinski definition) is 5. The summed E-state index contributed by atoms with van der Waals surface area (Å²) < 4.78 is 29.5. The lowest BCUT2D eigenvalue weighted by molar-refractivity contribution is 0.154. The van der Waals surface area contributed by atoms with E-state index in [9.17, 15) is 13.5 Å². The number of rotatable bonds is 11. The van der Waals surface area contributed by atoms with Gasteiger partial charge in [0.05, 0.1) is 12.0 Å². The number of nitrogens with zero attached hydrogens (tertiary/aromatic N) is 5.